The largest absolute Gasteiger partial charge is 0.461 e. The monoisotopic (exact) mass is 209 g/mol. The quantitative estimate of drug-likeness (QED) is 0.698. The van der Waals surface area contributed by atoms with E-state index in [-0.39, 0.29) is 5.97 Å². The van der Waals surface area contributed by atoms with Crippen molar-refractivity contribution in [2.45, 2.75) is 40.2 Å². The van der Waals surface area contributed by atoms with Gasteiger partial charge < -0.3 is 9.30 Å². The number of nitrogens with zero attached hydrogens (tertiary/aromatic N) is 1. The Bertz CT molecular complexity index is 328. The molecule has 1 rings (SSSR count). The third-order valence-corrected chi connectivity index (χ3v) is 2.39. The molecule has 0 fully saturated rings. The summed E-state index contributed by atoms with van der Waals surface area (Å²) in [5.41, 5.74) is 1.69. The minimum Gasteiger partial charge on any atom is -0.461 e. The number of carbonyl (C=O) groups excluding carboxylic acids is 1. The lowest BCUT2D eigenvalue weighted by atomic mass is 10.2. The van der Waals surface area contributed by atoms with E-state index in [0.29, 0.717) is 12.3 Å². The van der Waals surface area contributed by atoms with Gasteiger partial charge in [0.25, 0.3) is 0 Å². The number of rotatable bonds is 5. The van der Waals surface area contributed by atoms with Crippen molar-refractivity contribution in [3.8, 4) is 0 Å². The molecule has 0 saturated carbocycles. The highest BCUT2D eigenvalue weighted by Gasteiger charge is 2.14. The third-order valence-electron chi connectivity index (χ3n) is 2.39. The lowest BCUT2D eigenvalue weighted by Gasteiger charge is -2.08. The summed E-state index contributed by atoms with van der Waals surface area (Å²) in [6.45, 7) is 7.22. The number of hydrogen-bond acceptors (Lipinski definition) is 2. The van der Waals surface area contributed by atoms with Gasteiger partial charge in [-0.05, 0) is 31.9 Å². The zero-order valence-corrected chi connectivity index (χ0v) is 9.75. The summed E-state index contributed by atoms with van der Waals surface area (Å²) in [5, 5.41) is 0. The molecular formula is C12H19NO2. The van der Waals surface area contributed by atoms with E-state index in [4.69, 9.17) is 4.74 Å². The number of unbranched alkanes of at least 4 members (excludes halogenated alkanes) is 1. The van der Waals surface area contributed by atoms with Gasteiger partial charge in [-0.1, -0.05) is 13.3 Å². The highest BCUT2D eigenvalue weighted by atomic mass is 16.5. The molecule has 1 aromatic rings. The Morgan fingerprint density at radius 3 is 2.80 bits per heavy atom. The average molecular weight is 209 g/mol. The molecule has 0 radical (unpaired) electrons. The lowest BCUT2D eigenvalue weighted by Crippen LogP contribution is -2.13. The fourth-order valence-corrected chi connectivity index (χ4v) is 1.57. The second kappa shape index (κ2) is 5.59. The van der Waals surface area contributed by atoms with Crippen LogP contribution in [0.4, 0.5) is 0 Å². The summed E-state index contributed by atoms with van der Waals surface area (Å²) in [6.07, 6.45) is 4.16. The summed E-state index contributed by atoms with van der Waals surface area (Å²) >= 11 is 0. The normalized spacial score (nSPS) is 10.3. The predicted octanol–water partition coefficient (Wildman–Crippen LogP) is 2.77. The van der Waals surface area contributed by atoms with Crippen LogP contribution >= 0.6 is 0 Å². The number of ether oxygens (including phenoxy) is 1. The molecule has 0 bridgehead atoms. The summed E-state index contributed by atoms with van der Waals surface area (Å²) in [7, 11) is 0. The van der Waals surface area contributed by atoms with Gasteiger partial charge in [-0.2, -0.15) is 0 Å². The SMILES string of the molecule is CCCCn1ccc(C)c1C(=O)OCC. The Hall–Kier alpha value is -1.25. The maximum Gasteiger partial charge on any atom is 0.355 e. The molecule has 0 aliphatic heterocycles. The second-order valence-electron chi connectivity index (χ2n) is 3.61. The van der Waals surface area contributed by atoms with Crippen LogP contribution < -0.4 is 0 Å². The third kappa shape index (κ3) is 2.85. The zero-order valence-electron chi connectivity index (χ0n) is 9.75. The molecule has 15 heavy (non-hydrogen) atoms. The molecule has 1 aromatic heterocycles. The van der Waals surface area contributed by atoms with Gasteiger partial charge in [-0.15, -0.1) is 0 Å². The Morgan fingerprint density at radius 1 is 1.47 bits per heavy atom. The zero-order chi connectivity index (χ0) is 11.3. The molecule has 3 heteroatoms. The van der Waals surface area contributed by atoms with Crippen molar-refractivity contribution >= 4 is 5.97 Å². The van der Waals surface area contributed by atoms with Gasteiger partial charge in [0, 0.05) is 12.7 Å². The molecule has 0 atom stereocenters. The minimum atomic E-state index is -0.212. The molecule has 0 N–H and O–H groups in total. The van der Waals surface area contributed by atoms with E-state index in [1.54, 1.807) is 0 Å². The topological polar surface area (TPSA) is 31.2 Å². The van der Waals surface area contributed by atoms with Crippen LogP contribution in [0.5, 0.6) is 0 Å². The second-order valence-corrected chi connectivity index (χ2v) is 3.61. The average Bonchev–Trinajstić information content (AvgIpc) is 2.57. The van der Waals surface area contributed by atoms with Gasteiger partial charge in [0.05, 0.1) is 6.61 Å². The van der Waals surface area contributed by atoms with Crippen molar-refractivity contribution in [1.29, 1.82) is 0 Å². The van der Waals surface area contributed by atoms with Crippen LogP contribution in [0.3, 0.4) is 0 Å². The summed E-state index contributed by atoms with van der Waals surface area (Å²) in [4.78, 5) is 11.7. The van der Waals surface area contributed by atoms with Crippen molar-refractivity contribution in [1.82, 2.24) is 4.57 Å². The van der Waals surface area contributed by atoms with Gasteiger partial charge in [0.2, 0.25) is 0 Å². The van der Waals surface area contributed by atoms with E-state index in [1.165, 1.54) is 0 Å². The van der Waals surface area contributed by atoms with Gasteiger partial charge >= 0.3 is 5.97 Å². The van der Waals surface area contributed by atoms with Crippen molar-refractivity contribution in [2.24, 2.45) is 0 Å². The van der Waals surface area contributed by atoms with Crippen molar-refractivity contribution in [3.63, 3.8) is 0 Å². The molecule has 0 aromatic carbocycles. The summed E-state index contributed by atoms with van der Waals surface area (Å²) in [6, 6.07) is 1.96. The fraction of sp³-hybridized carbons (Fsp3) is 0.583. The molecule has 0 amide bonds. The number of hydrogen-bond donors (Lipinski definition) is 0. The van der Waals surface area contributed by atoms with Gasteiger partial charge in [-0.25, -0.2) is 4.79 Å². The molecule has 0 spiro atoms. The minimum absolute atomic E-state index is 0.212. The van der Waals surface area contributed by atoms with Crippen LogP contribution in [-0.2, 0) is 11.3 Å². The number of carbonyl (C=O) groups is 1. The first kappa shape index (κ1) is 11.8. The molecule has 84 valence electrons. The first-order chi connectivity index (χ1) is 7.20. The first-order valence-electron chi connectivity index (χ1n) is 5.53. The Labute approximate surface area is 91.0 Å². The van der Waals surface area contributed by atoms with Crippen LogP contribution in [0.2, 0.25) is 0 Å². The highest BCUT2D eigenvalue weighted by Crippen LogP contribution is 2.12. The molecule has 0 saturated heterocycles. The van der Waals surface area contributed by atoms with E-state index < -0.39 is 0 Å². The van der Waals surface area contributed by atoms with Gasteiger partial charge in [-0.3, -0.25) is 0 Å². The lowest BCUT2D eigenvalue weighted by molar-refractivity contribution is 0.0512. The van der Waals surface area contributed by atoms with E-state index >= 15 is 0 Å². The van der Waals surface area contributed by atoms with Crippen molar-refractivity contribution in [3.05, 3.63) is 23.5 Å². The maximum absolute atomic E-state index is 11.7. The number of aromatic nitrogens is 1. The predicted molar refractivity (Wildman–Crippen MR) is 60.0 cm³/mol. The Kier molecular flexibility index (Phi) is 4.40. The van der Waals surface area contributed by atoms with Gasteiger partial charge in [0.1, 0.15) is 5.69 Å². The standard InChI is InChI=1S/C12H19NO2/c1-4-6-8-13-9-7-10(3)11(13)12(14)15-5-2/h7,9H,4-6,8H2,1-3H3. The van der Waals surface area contributed by atoms with Crippen LogP contribution in [0.15, 0.2) is 12.3 Å². The van der Waals surface area contributed by atoms with Crippen molar-refractivity contribution < 1.29 is 9.53 Å². The fourth-order valence-electron chi connectivity index (χ4n) is 1.57. The molecule has 0 aliphatic carbocycles. The highest BCUT2D eigenvalue weighted by molar-refractivity contribution is 5.89. The van der Waals surface area contributed by atoms with Crippen LogP contribution in [0.25, 0.3) is 0 Å². The molecule has 3 nitrogen and oxygen atoms in total. The van der Waals surface area contributed by atoms with E-state index in [0.717, 1.165) is 24.9 Å². The molecule has 0 unspecified atom stereocenters. The van der Waals surface area contributed by atoms with Crippen molar-refractivity contribution in [2.75, 3.05) is 6.61 Å². The van der Waals surface area contributed by atoms with E-state index in [9.17, 15) is 4.79 Å². The number of aryl methyl sites for hydroxylation is 2. The number of esters is 1. The molecular weight excluding hydrogens is 190 g/mol. The van der Waals surface area contributed by atoms with Gasteiger partial charge in [0.15, 0.2) is 0 Å². The Morgan fingerprint density at radius 2 is 2.20 bits per heavy atom. The summed E-state index contributed by atoms with van der Waals surface area (Å²) in [5.74, 6) is -0.212. The Balaban J connectivity index is 2.83. The van der Waals surface area contributed by atoms with Crippen LogP contribution in [0.1, 0.15) is 42.7 Å². The van der Waals surface area contributed by atoms with Crippen LogP contribution in [-0.4, -0.2) is 17.1 Å². The smallest absolute Gasteiger partial charge is 0.355 e. The summed E-state index contributed by atoms with van der Waals surface area (Å²) < 4.78 is 7.01. The van der Waals surface area contributed by atoms with Crippen LogP contribution in [0, 0.1) is 6.92 Å². The maximum atomic E-state index is 11.7. The van der Waals surface area contributed by atoms with E-state index in [2.05, 4.69) is 6.92 Å². The first-order valence-corrected chi connectivity index (χ1v) is 5.53. The van der Waals surface area contributed by atoms with E-state index in [1.807, 2.05) is 30.7 Å². The molecule has 0 aliphatic rings. The molecule has 1 heterocycles.